The van der Waals surface area contributed by atoms with E-state index in [1.54, 1.807) is 18.3 Å². The summed E-state index contributed by atoms with van der Waals surface area (Å²) in [6.45, 7) is 0. The van der Waals surface area contributed by atoms with Gasteiger partial charge >= 0.3 is 0 Å². The van der Waals surface area contributed by atoms with Crippen LogP contribution >= 0.6 is 23.1 Å². The number of rotatable bonds is 3. The average molecular weight is 368 g/mol. The Balaban J connectivity index is 1.52. The number of hydrogen-bond acceptors (Lipinski definition) is 6. The third kappa shape index (κ3) is 3.40. The number of aromatic nitrogens is 2. The predicted molar refractivity (Wildman–Crippen MR) is 99.1 cm³/mol. The molecule has 0 saturated carbocycles. The molecule has 3 heterocycles. The first-order valence-electron chi connectivity index (χ1n) is 7.44. The SMILES string of the molecule is O=C1CSc2ccc(C(=O)Nc3nc(-c4ccccn4)cs3)cc2N1. The molecular formula is C17H12N4O2S2. The van der Waals surface area contributed by atoms with Crippen molar-refractivity contribution in [1.29, 1.82) is 0 Å². The molecule has 0 spiro atoms. The van der Waals surface area contributed by atoms with E-state index >= 15 is 0 Å². The van der Waals surface area contributed by atoms with Crippen molar-refractivity contribution in [3.8, 4) is 11.4 Å². The van der Waals surface area contributed by atoms with E-state index < -0.39 is 0 Å². The maximum Gasteiger partial charge on any atom is 0.257 e. The van der Waals surface area contributed by atoms with Gasteiger partial charge in [0.15, 0.2) is 5.13 Å². The summed E-state index contributed by atoms with van der Waals surface area (Å²) in [4.78, 5) is 33.5. The van der Waals surface area contributed by atoms with Gasteiger partial charge in [-0.2, -0.15) is 0 Å². The highest BCUT2D eigenvalue weighted by molar-refractivity contribution is 8.00. The van der Waals surface area contributed by atoms with Crippen LogP contribution < -0.4 is 10.6 Å². The molecule has 2 amide bonds. The second-order valence-electron chi connectivity index (χ2n) is 5.25. The molecule has 3 aromatic rings. The number of carbonyl (C=O) groups excluding carboxylic acids is 2. The van der Waals surface area contributed by atoms with Crippen LogP contribution in [0.5, 0.6) is 0 Å². The average Bonchev–Trinajstić information content (AvgIpc) is 3.10. The largest absolute Gasteiger partial charge is 0.324 e. The molecule has 25 heavy (non-hydrogen) atoms. The molecule has 0 unspecified atom stereocenters. The van der Waals surface area contributed by atoms with E-state index in [0.29, 0.717) is 22.1 Å². The summed E-state index contributed by atoms with van der Waals surface area (Å²) >= 11 is 2.80. The summed E-state index contributed by atoms with van der Waals surface area (Å²) in [7, 11) is 0. The van der Waals surface area contributed by atoms with Gasteiger partial charge in [0.2, 0.25) is 5.91 Å². The summed E-state index contributed by atoms with van der Waals surface area (Å²) < 4.78 is 0. The van der Waals surface area contributed by atoms with Gasteiger partial charge in [0.25, 0.3) is 5.91 Å². The number of benzene rings is 1. The highest BCUT2D eigenvalue weighted by Crippen LogP contribution is 2.32. The molecule has 6 nitrogen and oxygen atoms in total. The van der Waals surface area contributed by atoms with E-state index in [1.807, 2.05) is 29.6 Å². The van der Waals surface area contributed by atoms with Crippen LogP contribution in [0, 0.1) is 0 Å². The molecule has 2 N–H and O–H groups in total. The minimum absolute atomic E-state index is 0.0602. The number of thioether (sulfide) groups is 1. The van der Waals surface area contributed by atoms with Crippen molar-refractivity contribution in [2.45, 2.75) is 4.90 Å². The zero-order valence-electron chi connectivity index (χ0n) is 12.9. The molecule has 8 heteroatoms. The van der Waals surface area contributed by atoms with Crippen LogP contribution in [0.1, 0.15) is 10.4 Å². The Kier molecular flexibility index (Phi) is 4.21. The van der Waals surface area contributed by atoms with Gasteiger partial charge < -0.3 is 5.32 Å². The van der Waals surface area contributed by atoms with Gasteiger partial charge in [-0.25, -0.2) is 4.98 Å². The van der Waals surface area contributed by atoms with Crippen molar-refractivity contribution in [2.75, 3.05) is 16.4 Å². The lowest BCUT2D eigenvalue weighted by Crippen LogP contribution is -2.19. The van der Waals surface area contributed by atoms with Crippen LogP contribution in [0.2, 0.25) is 0 Å². The zero-order chi connectivity index (χ0) is 17.2. The number of nitrogens with zero attached hydrogens (tertiary/aromatic N) is 2. The van der Waals surface area contributed by atoms with Gasteiger partial charge in [0.05, 0.1) is 17.1 Å². The Morgan fingerprint density at radius 1 is 1.20 bits per heavy atom. The maximum atomic E-state index is 12.4. The predicted octanol–water partition coefficient (Wildman–Crippen LogP) is 3.50. The van der Waals surface area contributed by atoms with E-state index in [9.17, 15) is 9.59 Å². The number of thiazole rings is 1. The van der Waals surface area contributed by atoms with Gasteiger partial charge in [0.1, 0.15) is 5.69 Å². The number of hydrogen-bond donors (Lipinski definition) is 2. The Morgan fingerprint density at radius 3 is 2.96 bits per heavy atom. The molecule has 0 bridgehead atoms. The first-order valence-corrected chi connectivity index (χ1v) is 9.30. The topological polar surface area (TPSA) is 84.0 Å². The lowest BCUT2D eigenvalue weighted by molar-refractivity contribution is -0.113. The van der Waals surface area contributed by atoms with Gasteiger partial charge in [-0.05, 0) is 30.3 Å². The van der Waals surface area contributed by atoms with E-state index in [4.69, 9.17) is 0 Å². The molecule has 1 aliphatic rings. The number of anilines is 2. The van der Waals surface area contributed by atoms with E-state index in [0.717, 1.165) is 16.3 Å². The van der Waals surface area contributed by atoms with Crippen LogP contribution in [0.3, 0.4) is 0 Å². The van der Waals surface area contributed by atoms with Gasteiger partial charge in [0, 0.05) is 22.0 Å². The van der Waals surface area contributed by atoms with Crippen molar-refractivity contribution in [1.82, 2.24) is 9.97 Å². The van der Waals surface area contributed by atoms with E-state index in [-0.39, 0.29) is 11.8 Å². The first-order chi connectivity index (χ1) is 12.2. The molecule has 1 aromatic carbocycles. The summed E-state index contributed by atoms with van der Waals surface area (Å²) in [5.41, 5.74) is 2.61. The van der Waals surface area contributed by atoms with Crippen LogP contribution in [-0.4, -0.2) is 27.5 Å². The highest BCUT2D eigenvalue weighted by Gasteiger charge is 2.18. The van der Waals surface area contributed by atoms with Crippen LogP contribution in [0.4, 0.5) is 10.8 Å². The smallest absolute Gasteiger partial charge is 0.257 e. The molecule has 4 rings (SSSR count). The Morgan fingerprint density at radius 2 is 2.12 bits per heavy atom. The van der Waals surface area contributed by atoms with Crippen molar-refractivity contribution in [2.24, 2.45) is 0 Å². The van der Waals surface area contributed by atoms with Crippen LogP contribution in [0.25, 0.3) is 11.4 Å². The van der Waals surface area contributed by atoms with Crippen molar-refractivity contribution in [3.05, 3.63) is 53.5 Å². The fourth-order valence-corrected chi connectivity index (χ4v) is 3.84. The fourth-order valence-electron chi connectivity index (χ4n) is 2.36. The number of pyridine rings is 1. The molecule has 0 radical (unpaired) electrons. The highest BCUT2D eigenvalue weighted by atomic mass is 32.2. The van der Waals surface area contributed by atoms with Gasteiger partial charge in [-0.3, -0.25) is 19.9 Å². The summed E-state index contributed by atoms with van der Waals surface area (Å²) in [5, 5.41) is 7.92. The second-order valence-corrected chi connectivity index (χ2v) is 7.13. The third-order valence-corrected chi connectivity index (χ3v) is 5.36. The minimum Gasteiger partial charge on any atom is -0.324 e. The Hall–Kier alpha value is -2.71. The molecular weight excluding hydrogens is 356 g/mol. The molecule has 2 aromatic heterocycles. The first kappa shape index (κ1) is 15.8. The van der Waals surface area contributed by atoms with Gasteiger partial charge in [-0.1, -0.05) is 6.07 Å². The zero-order valence-corrected chi connectivity index (χ0v) is 14.5. The van der Waals surface area contributed by atoms with Crippen molar-refractivity contribution in [3.63, 3.8) is 0 Å². The Bertz CT molecular complexity index is 956. The minimum atomic E-state index is -0.269. The molecule has 1 aliphatic heterocycles. The molecule has 0 saturated heterocycles. The van der Waals surface area contributed by atoms with E-state index in [2.05, 4.69) is 20.6 Å². The number of nitrogens with one attached hydrogen (secondary N) is 2. The molecule has 0 atom stereocenters. The fraction of sp³-hybridized carbons (Fsp3) is 0.0588. The van der Waals surface area contributed by atoms with Crippen molar-refractivity contribution < 1.29 is 9.59 Å². The second kappa shape index (κ2) is 6.66. The Labute approximate surface area is 151 Å². The molecule has 124 valence electrons. The summed E-state index contributed by atoms with van der Waals surface area (Å²) in [6.07, 6.45) is 1.70. The lowest BCUT2D eigenvalue weighted by atomic mass is 10.2. The summed E-state index contributed by atoms with van der Waals surface area (Å²) in [5.74, 6) is 0.0676. The maximum absolute atomic E-state index is 12.4. The quantitative estimate of drug-likeness (QED) is 0.739. The molecule has 0 aliphatic carbocycles. The number of carbonyl (C=O) groups is 2. The lowest BCUT2D eigenvalue weighted by Gasteiger charge is -2.16. The van der Waals surface area contributed by atoms with Crippen LogP contribution in [-0.2, 0) is 4.79 Å². The monoisotopic (exact) mass is 368 g/mol. The standard InChI is InChI=1S/C17H12N4O2S2/c22-15-9-24-14-5-4-10(7-12(14)19-15)16(23)21-17-20-13(8-25-17)11-3-1-2-6-18-11/h1-8H,9H2,(H,19,22)(H,20,21,23). The molecule has 0 fully saturated rings. The van der Waals surface area contributed by atoms with E-state index in [1.165, 1.54) is 23.1 Å². The number of amides is 2. The number of fused-ring (bicyclic) bond motifs is 1. The van der Waals surface area contributed by atoms with Crippen LogP contribution in [0.15, 0.2) is 52.9 Å². The van der Waals surface area contributed by atoms with Crippen molar-refractivity contribution >= 4 is 45.7 Å². The van der Waals surface area contributed by atoms with Gasteiger partial charge in [-0.15, -0.1) is 23.1 Å². The normalized spacial score (nSPS) is 13.0. The summed E-state index contributed by atoms with van der Waals surface area (Å²) in [6, 6.07) is 10.9. The third-order valence-electron chi connectivity index (χ3n) is 3.53.